The summed E-state index contributed by atoms with van der Waals surface area (Å²) < 4.78 is 0. The average Bonchev–Trinajstić information content (AvgIpc) is 2.86. The van der Waals surface area contributed by atoms with E-state index in [9.17, 15) is 9.59 Å². The summed E-state index contributed by atoms with van der Waals surface area (Å²) in [6.07, 6.45) is 0. The van der Waals surface area contributed by atoms with E-state index in [1.807, 2.05) is 31.4 Å². The number of amides is 2. The normalized spacial score (nSPS) is 13.4. The Kier molecular flexibility index (Phi) is 6.56. The molecule has 0 aliphatic rings. The molecule has 1 aromatic rings. The number of primary amides is 1. The van der Waals surface area contributed by atoms with Gasteiger partial charge in [0.2, 0.25) is 11.8 Å². The first-order chi connectivity index (χ1) is 10.1. The van der Waals surface area contributed by atoms with Crippen molar-refractivity contribution in [2.45, 2.75) is 46.7 Å². The number of carbonyl (C=O) groups excluding carboxylic acids is 2. The van der Waals surface area contributed by atoms with Crippen LogP contribution in [0.2, 0.25) is 0 Å². The lowest BCUT2D eigenvalue weighted by atomic mass is 9.85. The van der Waals surface area contributed by atoms with Crippen molar-refractivity contribution in [1.29, 1.82) is 0 Å². The molecule has 124 valence electrons. The van der Waals surface area contributed by atoms with Crippen LogP contribution in [-0.4, -0.2) is 35.8 Å². The topological polar surface area (TPSA) is 75.4 Å². The molecule has 0 radical (unpaired) electrons. The number of nitrogens with zero attached hydrogens (tertiary/aromatic N) is 1. The summed E-state index contributed by atoms with van der Waals surface area (Å²) in [5.74, 6) is -0.518. The van der Waals surface area contributed by atoms with E-state index in [0.29, 0.717) is 0 Å². The summed E-state index contributed by atoms with van der Waals surface area (Å²) in [5, 5.41) is 5.10. The fourth-order valence-electron chi connectivity index (χ4n) is 2.18. The molecule has 1 atom stereocenters. The van der Waals surface area contributed by atoms with Gasteiger partial charge in [0, 0.05) is 10.9 Å². The van der Waals surface area contributed by atoms with Crippen LogP contribution in [0.15, 0.2) is 17.5 Å². The number of hydrogen-bond donors (Lipinski definition) is 2. The second-order valence-electron chi connectivity index (χ2n) is 6.85. The van der Waals surface area contributed by atoms with E-state index < -0.39 is 5.91 Å². The Bertz CT molecular complexity index is 492. The van der Waals surface area contributed by atoms with Gasteiger partial charge in [0.25, 0.3) is 0 Å². The SMILES string of the molecule is CC(C)N(CC(N)=O)CC(=O)NC(c1cccs1)C(C)(C)C. The van der Waals surface area contributed by atoms with Crippen LogP contribution < -0.4 is 11.1 Å². The molecule has 1 rings (SSSR count). The zero-order valence-corrected chi connectivity index (χ0v) is 14.9. The van der Waals surface area contributed by atoms with Crippen LogP contribution >= 0.6 is 11.3 Å². The zero-order chi connectivity index (χ0) is 16.9. The van der Waals surface area contributed by atoms with Gasteiger partial charge < -0.3 is 11.1 Å². The Hall–Kier alpha value is -1.40. The zero-order valence-electron chi connectivity index (χ0n) is 14.1. The lowest BCUT2D eigenvalue weighted by molar-refractivity contribution is -0.125. The quantitative estimate of drug-likeness (QED) is 0.806. The summed E-state index contributed by atoms with van der Waals surface area (Å²) in [6, 6.07) is 4.04. The fraction of sp³-hybridized carbons (Fsp3) is 0.625. The second kappa shape index (κ2) is 7.74. The van der Waals surface area contributed by atoms with Gasteiger partial charge in [0.05, 0.1) is 19.1 Å². The van der Waals surface area contributed by atoms with Crippen molar-refractivity contribution in [3.63, 3.8) is 0 Å². The van der Waals surface area contributed by atoms with E-state index in [1.54, 1.807) is 16.2 Å². The largest absolute Gasteiger partial charge is 0.369 e. The molecule has 0 saturated carbocycles. The predicted molar refractivity (Wildman–Crippen MR) is 90.6 cm³/mol. The summed E-state index contributed by atoms with van der Waals surface area (Å²) in [4.78, 5) is 26.4. The van der Waals surface area contributed by atoms with E-state index in [4.69, 9.17) is 5.73 Å². The second-order valence-corrected chi connectivity index (χ2v) is 7.83. The molecular weight excluding hydrogens is 298 g/mol. The monoisotopic (exact) mass is 325 g/mol. The third-order valence-corrected chi connectivity index (χ3v) is 4.37. The van der Waals surface area contributed by atoms with E-state index in [1.165, 1.54) is 0 Å². The van der Waals surface area contributed by atoms with Crippen molar-refractivity contribution in [3.05, 3.63) is 22.4 Å². The van der Waals surface area contributed by atoms with E-state index in [0.717, 1.165) is 4.88 Å². The highest BCUT2D eigenvalue weighted by Crippen LogP contribution is 2.35. The molecule has 6 heteroatoms. The van der Waals surface area contributed by atoms with Crippen LogP contribution in [0, 0.1) is 5.41 Å². The van der Waals surface area contributed by atoms with Crippen molar-refractivity contribution < 1.29 is 9.59 Å². The van der Waals surface area contributed by atoms with Crippen molar-refractivity contribution in [1.82, 2.24) is 10.2 Å². The number of thiophene rings is 1. The molecule has 5 nitrogen and oxygen atoms in total. The predicted octanol–water partition coefficient (Wildman–Crippen LogP) is 2.15. The van der Waals surface area contributed by atoms with Crippen molar-refractivity contribution in [2.24, 2.45) is 11.1 Å². The number of rotatable bonds is 7. The number of carbonyl (C=O) groups is 2. The Morgan fingerprint density at radius 3 is 2.36 bits per heavy atom. The van der Waals surface area contributed by atoms with Crippen LogP contribution in [0.1, 0.15) is 45.5 Å². The van der Waals surface area contributed by atoms with Crippen LogP contribution in [-0.2, 0) is 9.59 Å². The minimum atomic E-state index is -0.424. The van der Waals surface area contributed by atoms with Gasteiger partial charge >= 0.3 is 0 Å². The molecule has 0 aliphatic carbocycles. The highest BCUT2D eigenvalue weighted by molar-refractivity contribution is 7.10. The lowest BCUT2D eigenvalue weighted by Crippen LogP contribution is -2.46. The minimum absolute atomic E-state index is 0.0532. The van der Waals surface area contributed by atoms with Crippen LogP contribution in [0.25, 0.3) is 0 Å². The molecule has 0 fully saturated rings. The molecule has 0 aromatic carbocycles. The highest BCUT2D eigenvalue weighted by Gasteiger charge is 2.29. The molecule has 22 heavy (non-hydrogen) atoms. The Morgan fingerprint density at radius 1 is 1.32 bits per heavy atom. The van der Waals surface area contributed by atoms with Crippen LogP contribution in [0.4, 0.5) is 0 Å². The summed E-state index contributed by atoms with van der Waals surface area (Å²) >= 11 is 1.63. The number of hydrogen-bond acceptors (Lipinski definition) is 4. The van der Waals surface area contributed by atoms with E-state index in [2.05, 4.69) is 26.1 Å². The molecule has 0 bridgehead atoms. The highest BCUT2D eigenvalue weighted by atomic mass is 32.1. The summed E-state index contributed by atoms with van der Waals surface area (Å²) in [7, 11) is 0. The molecule has 0 aliphatic heterocycles. The molecule has 1 heterocycles. The van der Waals surface area contributed by atoms with Gasteiger partial charge in [-0.25, -0.2) is 0 Å². The number of nitrogens with two attached hydrogens (primary N) is 1. The van der Waals surface area contributed by atoms with Gasteiger partial charge in [-0.1, -0.05) is 26.8 Å². The maximum atomic E-state index is 12.4. The molecule has 3 N–H and O–H groups in total. The smallest absolute Gasteiger partial charge is 0.234 e. The molecular formula is C16H27N3O2S. The Morgan fingerprint density at radius 2 is 1.95 bits per heavy atom. The standard InChI is InChI=1S/C16H27N3O2S/c1-11(2)19(9-13(17)20)10-14(21)18-15(16(3,4)5)12-7-6-8-22-12/h6-8,11,15H,9-10H2,1-5H3,(H2,17,20)(H,18,21). The number of nitrogens with one attached hydrogen (secondary N) is 1. The minimum Gasteiger partial charge on any atom is -0.369 e. The molecule has 1 aromatic heterocycles. The maximum absolute atomic E-state index is 12.4. The first kappa shape index (κ1) is 18.6. The first-order valence-corrected chi connectivity index (χ1v) is 8.34. The van der Waals surface area contributed by atoms with Crippen molar-refractivity contribution in [3.8, 4) is 0 Å². The van der Waals surface area contributed by atoms with Crippen molar-refractivity contribution >= 4 is 23.2 Å². The van der Waals surface area contributed by atoms with Gasteiger partial charge in [0.15, 0.2) is 0 Å². The van der Waals surface area contributed by atoms with Gasteiger partial charge in [-0.15, -0.1) is 11.3 Å². The third kappa shape index (κ3) is 5.77. The van der Waals surface area contributed by atoms with Crippen LogP contribution in [0.3, 0.4) is 0 Å². The summed E-state index contributed by atoms with van der Waals surface area (Å²) in [6.45, 7) is 10.4. The fourth-order valence-corrected chi connectivity index (χ4v) is 3.20. The Labute approximate surface area is 136 Å². The average molecular weight is 325 g/mol. The molecule has 1 unspecified atom stereocenters. The Balaban J connectivity index is 2.77. The van der Waals surface area contributed by atoms with Gasteiger partial charge in [0.1, 0.15) is 0 Å². The summed E-state index contributed by atoms with van der Waals surface area (Å²) in [5.41, 5.74) is 5.15. The maximum Gasteiger partial charge on any atom is 0.234 e. The molecule has 0 saturated heterocycles. The van der Waals surface area contributed by atoms with Gasteiger partial charge in [-0.3, -0.25) is 14.5 Å². The van der Waals surface area contributed by atoms with E-state index >= 15 is 0 Å². The van der Waals surface area contributed by atoms with Crippen LogP contribution in [0.5, 0.6) is 0 Å². The lowest BCUT2D eigenvalue weighted by Gasteiger charge is -2.32. The molecule has 0 spiro atoms. The van der Waals surface area contributed by atoms with Crippen molar-refractivity contribution in [2.75, 3.05) is 13.1 Å². The van der Waals surface area contributed by atoms with Gasteiger partial charge in [-0.2, -0.15) is 0 Å². The van der Waals surface area contributed by atoms with E-state index in [-0.39, 0.29) is 36.5 Å². The molecule has 2 amide bonds. The first-order valence-electron chi connectivity index (χ1n) is 7.46. The van der Waals surface area contributed by atoms with Gasteiger partial charge in [-0.05, 0) is 30.7 Å². The third-order valence-electron chi connectivity index (χ3n) is 3.43.